The fourth-order valence-corrected chi connectivity index (χ4v) is 4.76. The number of hydrogen-bond acceptors (Lipinski definition) is 5. The number of benzene rings is 2. The van der Waals surface area contributed by atoms with Gasteiger partial charge in [0, 0.05) is 23.4 Å². The van der Waals surface area contributed by atoms with E-state index in [1.807, 2.05) is 36.4 Å². The first-order valence-corrected chi connectivity index (χ1v) is 11.2. The molecule has 2 aromatic carbocycles. The third-order valence-corrected chi connectivity index (χ3v) is 6.45. The van der Waals surface area contributed by atoms with E-state index in [1.165, 1.54) is 24.0 Å². The van der Waals surface area contributed by atoms with Crippen LogP contribution in [0, 0.1) is 0 Å². The second-order valence-corrected chi connectivity index (χ2v) is 9.00. The van der Waals surface area contributed by atoms with E-state index in [4.69, 9.17) is 16.0 Å². The summed E-state index contributed by atoms with van der Waals surface area (Å²) in [6, 6.07) is 20.0. The Bertz CT molecular complexity index is 1190. The summed E-state index contributed by atoms with van der Waals surface area (Å²) in [7, 11) is -3.93. The first-order valence-electron chi connectivity index (χ1n) is 8.35. The molecule has 0 aliphatic rings. The number of halogens is 1. The maximum atomic E-state index is 12.8. The normalized spacial score (nSPS) is 11.6. The Labute approximate surface area is 171 Å². The Balaban J connectivity index is 1.61. The summed E-state index contributed by atoms with van der Waals surface area (Å²) in [5.41, 5.74) is 1.93. The van der Waals surface area contributed by atoms with Crippen LogP contribution in [0.4, 0.5) is 5.69 Å². The Morgan fingerprint density at radius 1 is 1.04 bits per heavy atom. The minimum Gasteiger partial charge on any atom is -0.443 e. The van der Waals surface area contributed by atoms with Crippen molar-refractivity contribution < 1.29 is 12.8 Å². The molecule has 0 saturated carbocycles. The largest absolute Gasteiger partial charge is 0.443 e. The minimum absolute atomic E-state index is 0.160. The van der Waals surface area contributed by atoms with Gasteiger partial charge in [-0.3, -0.25) is 4.72 Å². The van der Waals surface area contributed by atoms with Crippen LogP contribution in [0.15, 0.2) is 87.5 Å². The minimum atomic E-state index is -3.93. The van der Waals surface area contributed by atoms with E-state index in [2.05, 4.69) is 9.71 Å². The number of aromatic nitrogens is 1. The fourth-order valence-electron chi connectivity index (χ4n) is 2.63. The highest BCUT2D eigenvalue weighted by Gasteiger charge is 2.22. The molecule has 0 radical (unpaired) electrons. The summed E-state index contributed by atoms with van der Waals surface area (Å²) in [6.45, 7) is 0. The van der Waals surface area contributed by atoms with Gasteiger partial charge < -0.3 is 4.42 Å². The van der Waals surface area contributed by atoms with Crippen LogP contribution in [-0.4, -0.2) is 13.4 Å². The van der Waals surface area contributed by atoms with Gasteiger partial charge in [0.15, 0.2) is 0 Å². The van der Waals surface area contributed by atoms with Crippen LogP contribution in [0.1, 0.15) is 5.56 Å². The number of nitrogens with one attached hydrogen (secondary N) is 1. The van der Waals surface area contributed by atoms with E-state index in [-0.39, 0.29) is 5.09 Å². The van der Waals surface area contributed by atoms with Crippen molar-refractivity contribution in [2.75, 3.05) is 4.72 Å². The predicted octanol–water partition coefficient (Wildman–Crippen LogP) is 5.57. The molecule has 5 nitrogen and oxygen atoms in total. The molecule has 28 heavy (non-hydrogen) atoms. The van der Waals surface area contributed by atoms with Gasteiger partial charge in [-0.05, 0) is 17.7 Å². The first-order chi connectivity index (χ1) is 13.5. The number of pyridine rings is 1. The second-order valence-electron chi connectivity index (χ2n) is 5.99. The molecule has 8 heteroatoms. The number of anilines is 1. The van der Waals surface area contributed by atoms with E-state index in [0.29, 0.717) is 32.5 Å². The van der Waals surface area contributed by atoms with Crippen molar-refractivity contribution in [2.45, 2.75) is 15.9 Å². The van der Waals surface area contributed by atoms with Crippen LogP contribution in [0.3, 0.4) is 0 Å². The van der Waals surface area contributed by atoms with E-state index < -0.39 is 10.0 Å². The third-order valence-electron chi connectivity index (χ3n) is 3.95. The van der Waals surface area contributed by atoms with Gasteiger partial charge in [-0.25, -0.2) is 4.98 Å². The summed E-state index contributed by atoms with van der Waals surface area (Å²) < 4.78 is 33.7. The van der Waals surface area contributed by atoms with E-state index >= 15 is 0 Å². The summed E-state index contributed by atoms with van der Waals surface area (Å²) in [6.07, 6.45) is 1.49. The molecule has 4 rings (SSSR count). The van der Waals surface area contributed by atoms with Crippen molar-refractivity contribution in [3.05, 3.63) is 83.5 Å². The first kappa shape index (κ1) is 18.9. The lowest BCUT2D eigenvalue weighted by molar-refractivity contribution is 0.484. The lowest BCUT2D eigenvalue weighted by Gasteiger charge is -2.11. The zero-order chi connectivity index (χ0) is 19.6. The molecule has 0 unspecified atom stereocenters. The van der Waals surface area contributed by atoms with Crippen LogP contribution < -0.4 is 4.72 Å². The molecular formula is C20H15ClN2O3S2. The molecule has 1 N–H and O–H groups in total. The second kappa shape index (κ2) is 7.87. The zero-order valence-electron chi connectivity index (χ0n) is 14.5. The number of furan rings is 1. The third kappa shape index (κ3) is 4.16. The van der Waals surface area contributed by atoms with E-state index in [9.17, 15) is 8.42 Å². The number of sulfonamides is 1. The molecule has 2 aromatic heterocycles. The monoisotopic (exact) mass is 430 g/mol. The fraction of sp³-hybridized carbons (Fsp3) is 0.0500. The number of hydrogen-bond donors (Lipinski definition) is 1. The SMILES string of the molecule is O=S(=O)(Nc1cc(Cl)cnc1SCc1ccccc1)c1cc2ccccc2o1. The molecule has 142 valence electrons. The number of nitrogens with zero attached hydrogens (tertiary/aromatic N) is 1. The Morgan fingerprint density at radius 3 is 2.57 bits per heavy atom. The van der Waals surface area contributed by atoms with Gasteiger partial charge >= 0.3 is 0 Å². The molecule has 4 aromatic rings. The molecule has 0 amide bonds. The molecule has 0 spiro atoms. The highest BCUT2D eigenvalue weighted by molar-refractivity contribution is 7.98. The highest BCUT2D eigenvalue weighted by atomic mass is 35.5. The standard InChI is InChI=1S/C20H15ClN2O3S2/c21-16-11-17(20(22-12-16)27-13-14-6-2-1-3-7-14)23-28(24,25)19-10-15-8-4-5-9-18(15)26-19/h1-12,23H,13H2. The lowest BCUT2D eigenvalue weighted by atomic mass is 10.2. The average molecular weight is 431 g/mol. The van der Waals surface area contributed by atoms with E-state index in [1.54, 1.807) is 24.3 Å². The summed E-state index contributed by atoms with van der Waals surface area (Å²) >= 11 is 7.47. The molecule has 0 aliphatic carbocycles. The molecule has 0 aliphatic heterocycles. The maximum Gasteiger partial charge on any atom is 0.295 e. The van der Waals surface area contributed by atoms with Crippen molar-refractivity contribution in [3.63, 3.8) is 0 Å². The van der Waals surface area contributed by atoms with Gasteiger partial charge in [0.05, 0.1) is 10.7 Å². The van der Waals surface area contributed by atoms with Gasteiger partial charge in [0.2, 0.25) is 5.09 Å². The quantitative estimate of drug-likeness (QED) is 0.404. The molecule has 0 fully saturated rings. The van der Waals surface area contributed by atoms with Crippen molar-refractivity contribution in [1.29, 1.82) is 0 Å². The predicted molar refractivity (Wildman–Crippen MR) is 112 cm³/mol. The van der Waals surface area contributed by atoms with Gasteiger partial charge in [-0.1, -0.05) is 71.9 Å². The zero-order valence-corrected chi connectivity index (χ0v) is 16.9. The van der Waals surface area contributed by atoms with Crippen LogP contribution in [0.25, 0.3) is 11.0 Å². The summed E-state index contributed by atoms with van der Waals surface area (Å²) in [5, 5.41) is 1.43. The van der Waals surface area contributed by atoms with Gasteiger partial charge in [-0.2, -0.15) is 8.42 Å². The number of thioether (sulfide) groups is 1. The molecule has 0 atom stereocenters. The van der Waals surface area contributed by atoms with Crippen molar-refractivity contribution in [2.24, 2.45) is 0 Å². The van der Waals surface area contributed by atoms with Gasteiger partial charge in [0.25, 0.3) is 10.0 Å². The maximum absolute atomic E-state index is 12.8. The van der Waals surface area contributed by atoms with Crippen molar-refractivity contribution in [1.82, 2.24) is 4.98 Å². The molecular weight excluding hydrogens is 416 g/mol. The summed E-state index contributed by atoms with van der Waals surface area (Å²) in [4.78, 5) is 4.29. The Morgan fingerprint density at radius 2 is 1.79 bits per heavy atom. The van der Waals surface area contributed by atoms with Crippen LogP contribution in [0.2, 0.25) is 5.02 Å². The average Bonchev–Trinajstić information content (AvgIpc) is 3.13. The molecule has 2 heterocycles. The van der Waals surface area contributed by atoms with Crippen LogP contribution in [-0.2, 0) is 15.8 Å². The Kier molecular flexibility index (Phi) is 5.30. The van der Waals surface area contributed by atoms with E-state index in [0.717, 1.165) is 5.56 Å². The molecule has 0 saturated heterocycles. The van der Waals surface area contributed by atoms with Gasteiger partial charge in [-0.15, -0.1) is 0 Å². The van der Waals surface area contributed by atoms with Crippen molar-refractivity contribution in [3.8, 4) is 0 Å². The highest BCUT2D eigenvalue weighted by Crippen LogP contribution is 2.32. The number of para-hydroxylation sites is 1. The van der Waals surface area contributed by atoms with Crippen molar-refractivity contribution >= 4 is 50.0 Å². The van der Waals surface area contributed by atoms with Crippen LogP contribution >= 0.6 is 23.4 Å². The van der Waals surface area contributed by atoms with Crippen LogP contribution in [0.5, 0.6) is 0 Å². The number of rotatable bonds is 6. The topological polar surface area (TPSA) is 72.2 Å². The van der Waals surface area contributed by atoms with Gasteiger partial charge in [0.1, 0.15) is 10.6 Å². The summed E-state index contributed by atoms with van der Waals surface area (Å²) in [5.74, 6) is 0.648. The smallest absolute Gasteiger partial charge is 0.295 e. The Hall–Kier alpha value is -2.48. The lowest BCUT2D eigenvalue weighted by Crippen LogP contribution is -2.13. The number of fused-ring (bicyclic) bond motifs is 1. The molecule has 0 bridgehead atoms.